The van der Waals surface area contributed by atoms with Gasteiger partial charge in [-0.3, -0.25) is 14.6 Å². The molecule has 0 saturated carbocycles. The van der Waals surface area contributed by atoms with E-state index in [2.05, 4.69) is 44.5 Å². The van der Waals surface area contributed by atoms with Gasteiger partial charge in [-0.1, -0.05) is 6.92 Å². The lowest BCUT2D eigenvalue weighted by atomic mass is 9.97. The molecule has 0 bridgehead atoms. The quantitative estimate of drug-likeness (QED) is 0.796. The topological polar surface area (TPSA) is 43.8 Å². The summed E-state index contributed by atoms with van der Waals surface area (Å²) >= 11 is 0. The van der Waals surface area contributed by atoms with Gasteiger partial charge in [0, 0.05) is 24.7 Å². The van der Waals surface area contributed by atoms with Crippen LogP contribution in [-0.4, -0.2) is 58.6 Å². The highest BCUT2D eigenvalue weighted by Crippen LogP contribution is 2.24. The number of carboxylic acid groups (broad SMARTS) is 1. The summed E-state index contributed by atoms with van der Waals surface area (Å²) in [5.41, 5.74) is 0.136. The standard InChI is InChI=1S/C13H26N2O2/c1-6-10(9-14(5)13(2,3)4)15-8-7-11(15)12(16)17/h10-11H,6-9H2,1-5H3,(H,16,17). The van der Waals surface area contributed by atoms with Crippen molar-refractivity contribution in [2.75, 3.05) is 20.1 Å². The van der Waals surface area contributed by atoms with Crippen LogP contribution in [0.4, 0.5) is 0 Å². The van der Waals surface area contributed by atoms with Crippen molar-refractivity contribution < 1.29 is 9.90 Å². The first-order valence-corrected chi connectivity index (χ1v) is 6.47. The molecule has 1 aliphatic rings. The lowest BCUT2D eigenvalue weighted by Crippen LogP contribution is -2.60. The van der Waals surface area contributed by atoms with Crippen molar-refractivity contribution in [3.63, 3.8) is 0 Å². The van der Waals surface area contributed by atoms with Crippen LogP contribution in [0.3, 0.4) is 0 Å². The minimum absolute atomic E-state index is 0.136. The minimum Gasteiger partial charge on any atom is -0.480 e. The summed E-state index contributed by atoms with van der Waals surface area (Å²) in [5, 5.41) is 9.09. The summed E-state index contributed by atoms with van der Waals surface area (Å²) in [6, 6.07) is 0.0994. The Hall–Kier alpha value is -0.610. The second-order valence-corrected chi connectivity index (χ2v) is 5.99. The number of likely N-dealkylation sites (tertiary alicyclic amines) is 1. The Morgan fingerprint density at radius 1 is 1.53 bits per heavy atom. The second-order valence-electron chi connectivity index (χ2n) is 5.99. The van der Waals surface area contributed by atoms with Gasteiger partial charge in [0.15, 0.2) is 0 Å². The van der Waals surface area contributed by atoms with Crippen LogP contribution in [0.1, 0.15) is 40.5 Å². The summed E-state index contributed by atoms with van der Waals surface area (Å²) in [4.78, 5) is 15.5. The highest BCUT2D eigenvalue weighted by atomic mass is 16.4. The van der Waals surface area contributed by atoms with E-state index in [0.29, 0.717) is 6.04 Å². The number of nitrogens with zero attached hydrogens (tertiary/aromatic N) is 2. The Morgan fingerprint density at radius 2 is 2.12 bits per heavy atom. The van der Waals surface area contributed by atoms with E-state index >= 15 is 0 Å². The van der Waals surface area contributed by atoms with Gasteiger partial charge in [0.2, 0.25) is 0 Å². The zero-order valence-corrected chi connectivity index (χ0v) is 11.7. The van der Waals surface area contributed by atoms with E-state index in [9.17, 15) is 4.79 Å². The van der Waals surface area contributed by atoms with Gasteiger partial charge < -0.3 is 5.11 Å². The number of hydrogen-bond donors (Lipinski definition) is 1. The molecule has 100 valence electrons. The zero-order chi connectivity index (χ0) is 13.2. The van der Waals surface area contributed by atoms with Crippen LogP contribution < -0.4 is 0 Å². The third-order valence-electron chi connectivity index (χ3n) is 3.92. The highest BCUT2D eigenvalue weighted by molar-refractivity contribution is 5.74. The molecule has 0 aromatic rings. The van der Waals surface area contributed by atoms with Crippen LogP contribution in [-0.2, 0) is 4.79 Å². The fourth-order valence-corrected chi connectivity index (χ4v) is 2.17. The van der Waals surface area contributed by atoms with E-state index in [0.717, 1.165) is 25.9 Å². The molecule has 1 saturated heterocycles. The number of hydrogen-bond acceptors (Lipinski definition) is 3. The Balaban J connectivity index is 2.58. The first kappa shape index (κ1) is 14.5. The SMILES string of the molecule is CCC(CN(C)C(C)(C)C)N1CCC1C(=O)O. The first-order chi connectivity index (χ1) is 7.77. The maximum Gasteiger partial charge on any atom is 0.320 e. The smallest absolute Gasteiger partial charge is 0.320 e. The van der Waals surface area contributed by atoms with Gasteiger partial charge in [0.25, 0.3) is 0 Å². The average Bonchev–Trinajstić information content (AvgIpc) is 2.11. The molecule has 0 aromatic heterocycles. The van der Waals surface area contributed by atoms with Crippen molar-refractivity contribution in [1.82, 2.24) is 9.80 Å². The number of aliphatic carboxylic acids is 1. The molecule has 1 N–H and O–H groups in total. The molecule has 1 rings (SSSR count). The van der Waals surface area contributed by atoms with E-state index in [1.165, 1.54) is 0 Å². The molecule has 1 fully saturated rings. The van der Waals surface area contributed by atoms with Crippen LogP contribution in [0, 0.1) is 0 Å². The molecular weight excluding hydrogens is 216 g/mol. The lowest BCUT2D eigenvalue weighted by molar-refractivity contribution is -0.150. The van der Waals surface area contributed by atoms with Crippen LogP contribution in [0.25, 0.3) is 0 Å². The molecule has 0 spiro atoms. The Labute approximate surface area is 105 Å². The molecule has 4 heteroatoms. The molecule has 2 atom stereocenters. The summed E-state index contributed by atoms with van der Waals surface area (Å²) < 4.78 is 0. The summed E-state index contributed by atoms with van der Waals surface area (Å²) in [5.74, 6) is -0.673. The van der Waals surface area contributed by atoms with Crippen molar-refractivity contribution in [2.45, 2.75) is 58.2 Å². The normalized spacial score (nSPS) is 23.5. The fraction of sp³-hybridized carbons (Fsp3) is 0.923. The second kappa shape index (κ2) is 5.36. The van der Waals surface area contributed by atoms with Gasteiger partial charge in [-0.2, -0.15) is 0 Å². The van der Waals surface area contributed by atoms with Gasteiger partial charge in [-0.15, -0.1) is 0 Å². The van der Waals surface area contributed by atoms with Crippen molar-refractivity contribution in [3.8, 4) is 0 Å². The van der Waals surface area contributed by atoms with E-state index in [4.69, 9.17) is 5.11 Å². The van der Waals surface area contributed by atoms with Gasteiger partial charge in [-0.05, 0) is 40.7 Å². The Morgan fingerprint density at radius 3 is 2.41 bits per heavy atom. The molecule has 17 heavy (non-hydrogen) atoms. The predicted molar refractivity (Wildman–Crippen MR) is 69.2 cm³/mol. The number of rotatable bonds is 5. The molecule has 0 aromatic carbocycles. The zero-order valence-electron chi connectivity index (χ0n) is 11.7. The highest BCUT2D eigenvalue weighted by Gasteiger charge is 2.38. The lowest BCUT2D eigenvalue weighted by Gasteiger charge is -2.46. The summed E-state index contributed by atoms with van der Waals surface area (Å²) in [6.45, 7) is 10.6. The number of carboxylic acids is 1. The average molecular weight is 242 g/mol. The Bertz CT molecular complexity index is 273. The van der Waals surface area contributed by atoms with E-state index in [-0.39, 0.29) is 11.6 Å². The minimum atomic E-state index is -0.673. The van der Waals surface area contributed by atoms with Gasteiger partial charge >= 0.3 is 5.97 Å². The number of carbonyl (C=O) groups is 1. The third-order valence-corrected chi connectivity index (χ3v) is 3.92. The monoisotopic (exact) mass is 242 g/mol. The van der Waals surface area contributed by atoms with Gasteiger partial charge in [0.1, 0.15) is 6.04 Å². The summed E-state index contributed by atoms with van der Waals surface area (Å²) in [6.07, 6.45) is 1.80. The van der Waals surface area contributed by atoms with Gasteiger partial charge in [0.05, 0.1) is 0 Å². The van der Waals surface area contributed by atoms with E-state index in [1.54, 1.807) is 0 Å². The van der Waals surface area contributed by atoms with E-state index in [1.807, 2.05) is 0 Å². The van der Waals surface area contributed by atoms with Crippen molar-refractivity contribution in [2.24, 2.45) is 0 Å². The van der Waals surface area contributed by atoms with Crippen LogP contribution >= 0.6 is 0 Å². The predicted octanol–water partition coefficient (Wildman–Crippen LogP) is 1.65. The summed E-state index contributed by atoms with van der Waals surface area (Å²) in [7, 11) is 2.11. The molecule has 4 nitrogen and oxygen atoms in total. The molecule has 2 unspecified atom stereocenters. The van der Waals surface area contributed by atoms with Crippen molar-refractivity contribution >= 4 is 5.97 Å². The first-order valence-electron chi connectivity index (χ1n) is 6.47. The van der Waals surface area contributed by atoms with Crippen LogP contribution in [0.15, 0.2) is 0 Å². The third kappa shape index (κ3) is 3.42. The molecule has 1 aliphatic heterocycles. The molecular formula is C13H26N2O2. The largest absolute Gasteiger partial charge is 0.480 e. The molecule has 1 heterocycles. The van der Waals surface area contributed by atoms with Crippen molar-refractivity contribution in [1.29, 1.82) is 0 Å². The molecule has 0 amide bonds. The molecule has 0 radical (unpaired) electrons. The van der Waals surface area contributed by atoms with Gasteiger partial charge in [-0.25, -0.2) is 0 Å². The van der Waals surface area contributed by atoms with E-state index < -0.39 is 5.97 Å². The van der Waals surface area contributed by atoms with Crippen LogP contribution in [0.5, 0.6) is 0 Å². The fourth-order valence-electron chi connectivity index (χ4n) is 2.17. The van der Waals surface area contributed by atoms with Crippen LogP contribution in [0.2, 0.25) is 0 Å². The maximum atomic E-state index is 11.0. The Kier molecular flexibility index (Phi) is 4.55. The molecule has 0 aliphatic carbocycles. The number of likely N-dealkylation sites (N-methyl/N-ethyl adjacent to an activating group) is 1. The maximum absolute atomic E-state index is 11.0. The van der Waals surface area contributed by atoms with Crippen molar-refractivity contribution in [3.05, 3.63) is 0 Å².